The molecule has 4 heteroatoms. The van der Waals surface area contributed by atoms with Crippen molar-refractivity contribution >= 4 is 28.7 Å². The molecule has 1 aromatic carbocycles. The van der Waals surface area contributed by atoms with Crippen molar-refractivity contribution in [2.24, 2.45) is 0 Å². The summed E-state index contributed by atoms with van der Waals surface area (Å²) < 4.78 is 0. The number of hydrogen-bond donors (Lipinski definition) is 0. The van der Waals surface area contributed by atoms with Gasteiger partial charge in [-0.2, -0.15) is 0 Å². The summed E-state index contributed by atoms with van der Waals surface area (Å²) in [6.45, 7) is 6.09. The molecule has 0 bridgehead atoms. The van der Waals surface area contributed by atoms with Crippen LogP contribution in [0, 0.1) is 20.8 Å². The standard InChI is InChI=1S/C14H14ClNOS/c1-8-4-5-9(2)11(6-8)13-10(3)18-14(16-13)12(17)7-15/h4-6H,7H2,1-3H3. The minimum atomic E-state index is -0.110. The van der Waals surface area contributed by atoms with Gasteiger partial charge >= 0.3 is 0 Å². The van der Waals surface area contributed by atoms with E-state index in [4.69, 9.17) is 11.6 Å². The van der Waals surface area contributed by atoms with E-state index in [9.17, 15) is 4.79 Å². The lowest BCUT2D eigenvalue weighted by Gasteiger charge is -2.05. The summed E-state index contributed by atoms with van der Waals surface area (Å²) in [4.78, 5) is 17.1. The van der Waals surface area contributed by atoms with Gasteiger partial charge < -0.3 is 0 Å². The lowest BCUT2D eigenvalue weighted by molar-refractivity contribution is 0.102. The van der Waals surface area contributed by atoms with Crippen LogP contribution in [-0.4, -0.2) is 16.6 Å². The first-order valence-corrected chi connectivity index (χ1v) is 7.02. The summed E-state index contributed by atoms with van der Waals surface area (Å²) in [6.07, 6.45) is 0. The minimum Gasteiger partial charge on any atom is -0.290 e. The Labute approximate surface area is 116 Å². The minimum absolute atomic E-state index is 0.0147. The van der Waals surface area contributed by atoms with Gasteiger partial charge in [-0.25, -0.2) is 4.98 Å². The van der Waals surface area contributed by atoms with E-state index < -0.39 is 0 Å². The fourth-order valence-electron chi connectivity index (χ4n) is 1.81. The summed E-state index contributed by atoms with van der Waals surface area (Å²) >= 11 is 6.98. The molecule has 0 radical (unpaired) electrons. The first-order chi connectivity index (χ1) is 8.52. The molecule has 18 heavy (non-hydrogen) atoms. The van der Waals surface area contributed by atoms with Crippen molar-refractivity contribution < 1.29 is 4.79 Å². The Balaban J connectivity index is 2.54. The number of aromatic nitrogens is 1. The number of ketones is 1. The summed E-state index contributed by atoms with van der Waals surface area (Å²) in [7, 11) is 0. The Morgan fingerprint density at radius 1 is 1.33 bits per heavy atom. The van der Waals surface area contributed by atoms with E-state index in [1.165, 1.54) is 22.5 Å². The molecule has 1 heterocycles. The SMILES string of the molecule is Cc1ccc(C)c(-c2nc(C(=O)CCl)sc2C)c1. The van der Waals surface area contributed by atoms with Gasteiger partial charge in [0.25, 0.3) is 0 Å². The highest BCUT2D eigenvalue weighted by Gasteiger charge is 2.16. The molecule has 0 aliphatic rings. The fourth-order valence-corrected chi connectivity index (χ4v) is 2.88. The number of nitrogens with zero attached hydrogens (tertiary/aromatic N) is 1. The average Bonchev–Trinajstić information content (AvgIpc) is 2.73. The van der Waals surface area contributed by atoms with Crippen molar-refractivity contribution in [2.75, 3.05) is 5.88 Å². The van der Waals surface area contributed by atoms with Crippen LogP contribution < -0.4 is 0 Å². The summed E-state index contributed by atoms with van der Waals surface area (Å²) in [5, 5.41) is 0.499. The largest absolute Gasteiger partial charge is 0.290 e. The number of hydrogen-bond acceptors (Lipinski definition) is 3. The first-order valence-electron chi connectivity index (χ1n) is 5.67. The van der Waals surface area contributed by atoms with Gasteiger partial charge in [0.05, 0.1) is 11.6 Å². The Bertz CT molecular complexity index is 604. The summed E-state index contributed by atoms with van der Waals surface area (Å²) in [5.41, 5.74) is 4.35. The zero-order valence-electron chi connectivity index (χ0n) is 10.6. The van der Waals surface area contributed by atoms with Gasteiger partial charge in [0.2, 0.25) is 5.78 Å². The predicted molar refractivity (Wildman–Crippen MR) is 76.8 cm³/mol. The number of carbonyl (C=O) groups excluding carboxylic acids is 1. The lowest BCUT2D eigenvalue weighted by Crippen LogP contribution is -1.99. The summed E-state index contributed by atoms with van der Waals surface area (Å²) in [6, 6.07) is 6.25. The third-order valence-corrected chi connectivity index (χ3v) is 4.06. The van der Waals surface area contributed by atoms with Crippen LogP contribution in [0.5, 0.6) is 0 Å². The van der Waals surface area contributed by atoms with Gasteiger partial charge in [-0.1, -0.05) is 17.7 Å². The zero-order chi connectivity index (χ0) is 13.3. The fraction of sp³-hybridized carbons (Fsp3) is 0.286. The van der Waals surface area contributed by atoms with Crippen LogP contribution in [0.1, 0.15) is 25.8 Å². The smallest absolute Gasteiger partial charge is 0.206 e. The highest BCUT2D eigenvalue weighted by Crippen LogP contribution is 2.30. The van der Waals surface area contributed by atoms with Crippen molar-refractivity contribution in [2.45, 2.75) is 20.8 Å². The van der Waals surface area contributed by atoms with Crippen molar-refractivity contribution in [3.8, 4) is 11.3 Å². The first kappa shape index (κ1) is 13.2. The number of Topliss-reactive ketones (excluding diaryl/α,β-unsaturated/α-hetero) is 1. The Morgan fingerprint density at radius 3 is 2.72 bits per heavy atom. The quantitative estimate of drug-likeness (QED) is 0.624. The molecule has 94 valence electrons. The van der Waals surface area contributed by atoms with Crippen LogP contribution in [0.3, 0.4) is 0 Å². The normalized spacial score (nSPS) is 10.7. The van der Waals surface area contributed by atoms with Crippen LogP contribution in [0.15, 0.2) is 18.2 Å². The van der Waals surface area contributed by atoms with Crippen LogP contribution in [0.4, 0.5) is 0 Å². The maximum Gasteiger partial charge on any atom is 0.206 e. The van der Waals surface area contributed by atoms with E-state index in [0.29, 0.717) is 5.01 Å². The number of alkyl halides is 1. The summed E-state index contributed by atoms with van der Waals surface area (Å²) in [5.74, 6) is -0.125. The van der Waals surface area contributed by atoms with E-state index in [1.807, 2.05) is 6.92 Å². The number of aryl methyl sites for hydroxylation is 3. The molecule has 0 aliphatic heterocycles. The molecule has 0 saturated carbocycles. The second-order valence-electron chi connectivity index (χ2n) is 4.30. The maximum atomic E-state index is 11.6. The Hall–Kier alpha value is -1.19. The maximum absolute atomic E-state index is 11.6. The van der Waals surface area contributed by atoms with E-state index in [2.05, 4.69) is 37.0 Å². The second kappa shape index (κ2) is 5.21. The monoisotopic (exact) mass is 279 g/mol. The predicted octanol–water partition coefficient (Wildman–Crippen LogP) is 4.16. The van der Waals surface area contributed by atoms with E-state index in [0.717, 1.165) is 16.1 Å². The van der Waals surface area contributed by atoms with Crippen molar-refractivity contribution in [3.05, 3.63) is 39.2 Å². The van der Waals surface area contributed by atoms with Gasteiger partial charge in [-0.15, -0.1) is 22.9 Å². The number of thiazole rings is 1. The Morgan fingerprint density at radius 2 is 2.06 bits per heavy atom. The Kier molecular flexibility index (Phi) is 3.83. The molecule has 0 amide bonds. The van der Waals surface area contributed by atoms with Crippen molar-refractivity contribution in [1.29, 1.82) is 0 Å². The zero-order valence-corrected chi connectivity index (χ0v) is 12.2. The molecule has 0 spiro atoms. The van der Waals surface area contributed by atoms with Crippen LogP contribution in [0.25, 0.3) is 11.3 Å². The van der Waals surface area contributed by atoms with E-state index in [1.54, 1.807) is 0 Å². The van der Waals surface area contributed by atoms with E-state index >= 15 is 0 Å². The van der Waals surface area contributed by atoms with Crippen LogP contribution in [-0.2, 0) is 0 Å². The molecule has 2 rings (SSSR count). The molecule has 0 fully saturated rings. The molecular weight excluding hydrogens is 266 g/mol. The molecular formula is C14H14ClNOS. The average molecular weight is 280 g/mol. The van der Waals surface area contributed by atoms with E-state index in [-0.39, 0.29) is 11.7 Å². The van der Waals surface area contributed by atoms with Crippen molar-refractivity contribution in [3.63, 3.8) is 0 Å². The van der Waals surface area contributed by atoms with Crippen LogP contribution >= 0.6 is 22.9 Å². The topological polar surface area (TPSA) is 30.0 Å². The van der Waals surface area contributed by atoms with Crippen LogP contribution in [0.2, 0.25) is 0 Å². The number of benzene rings is 1. The second-order valence-corrected chi connectivity index (χ2v) is 5.77. The van der Waals surface area contributed by atoms with Gasteiger partial charge in [-0.3, -0.25) is 4.79 Å². The third kappa shape index (κ3) is 2.47. The molecule has 0 aliphatic carbocycles. The molecule has 2 aromatic rings. The van der Waals surface area contributed by atoms with Gasteiger partial charge in [0.1, 0.15) is 0 Å². The highest BCUT2D eigenvalue weighted by atomic mass is 35.5. The molecule has 0 saturated heterocycles. The number of carbonyl (C=O) groups is 1. The molecule has 0 atom stereocenters. The van der Waals surface area contributed by atoms with Gasteiger partial charge in [0.15, 0.2) is 5.01 Å². The number of halogens is 1. The lowest BCUT2D eigenvalue weighted by atomic mass is 10.0. The van der Waals surface area contributed by atoms with Gasteiger partial charge in [-0.05, 0) is 32.4 Å². The molecule has 1 aromatic heterocycles. The highest BCUT2D eigenvalue weighted by molar-refractivity contribution is 7.14. The molecule has 0 unspecified atom stereocenters. The van der Waals surface area contributed by atoms with Crippen molar-refractivity contribution in [1.82, 2.24) is 4.98 Å². The molecule has 2 nitrogen and oxygen atoms in total. The van der Waals surface area contributed by atoms with Gasteiger partial charge in [0, 0.05) is 10.4 Å². The third-order valence-electron chi connectivity index (χ3n) is 2.80. The molecule has 0 N–H and O–H groups in total. The number of rotatable bonds is 3.